The number of methoxy groups -OCH3 is 1. The Morgan fingerprint density at radius 3 is 2.41 bits per heavy atom. The zero-order valence-corrected chi connectivity index (χ0v) is 16.7. The van der Waals surface area contributed by atoms with Crippen LogP contribution in [0.25, 0.3) is 11.0 Å². The van der Waals surface area contributed by atoms with Crippen LogP contribution in [0.5, 0.6) is 11.5 Å². The van der Waals surface area contributed by atoms with Gasteiger partial charge in [0, 0.05) is 39.5 Å². The predicted octanol–water partition coefficient (Wildman–Crippen LogP) is 1.65. The summed E-state index contributed by atoms with van der Waals surface area (Å²) in [5.41, 5.74) is -0.0806. The lowest BCUT2D eigenvalue weighted by molar-refractivity contribution is -0.134. The third kappa shape index (κ3) is 5.64. The lowest BCUT2D eigenvalue weighted by Gasteiger charge is -2.13. The highest BCUT2D eigenvalue weighted by Crippen LogP contribution is 2.37. The van der Waals surface area contributed by atoms with Crippen LogP contribution < -0.4 is 20.4 Å². The number of carbonyl (C=O) groups is 3. The number of ether oxygens (including phenoxy) is 3. The molecule has 1 aromatic carbocycles. The standard InChI is InChI=1S/C20H23NO8/c1-11-14-6-7-16(27-12(2)22)19(28-13(3)23)18(14)29-20(25)15(11)10-17(24)21-8-5-9-26-4/h6-7H,5,8-10H2,1-4H3,(H,21,24). The van der Waals surface area contributed by atoms with Gasteiger partial charge in [-0.15, -0.1) is 0 Å². The van der Waals surface area contributed by atoms with Crippen LogP contribution in [0.3, 0.4) is 0 Å². The normalized spacial score (nSPS) is 10.6. The van der Waals surface area contributed by atoms with Gasteiger partial charge in [0.25, 0.3) is 0 Å². The van der Waals surface area contributed by atoms with Gasteiger partial charge in [-0.1, -0.05) is 0 Å². The molecule has 9 nitrogen and oxygen atoms in total. The maximum atomic E-state index is 12.5. The second kappa shape index (κ2) is 9.83. The van der Waals surface area contributed by atoms with Gasteiger partial charge < -0.3 is 23.9 Å². The van der Waals surface area contributed by atoms with E-state index in [2.05, 4.69) is 5.32 Å². The minimum absolute atomic E-state index is 0.0364. The molecule has 1 heterocycles. The molecule has 0 radical (unpaired) electrons. The van der Waals surface area contributed by atoms with Crippen molar-refractivity contribution in [1.29, 1.82) is 0 Å². The van der Waals surface area contributed by atoms with Crippen molar-refractivity contribution in [3.05, 3.63) is 33.7 Å². The molecule has 9 heteroatoms. The van der Waals surface area contributed by atoms with Crippen LogP contribution in [0, 0.1) is 6.92 Å². The van der Waals surface area contributed by atoms with Gasteiger partial charge in [-0.05, 0) is 31.0 Å². The summed E-state index contributed by atoms with van der Waals surface area (Å²) in [5.74, 6) is -1.84. The van der Waals surface area contributed by atoms with Gasteiger partial charge in [0.15, 0.2) is 11.3 Å². The molecule has 0 spiro atoms. The van der Waals surface area contributed by atoms with Gasteiger partial charge in [-0.2, -0.15) is 0 Å². The lowest BCUT2D eigenvalue weighted by Crippen LogP contribution is -2.29. The summed E-state index contributed by atoms with van der Waals surface area (Å²) in [6, 6.07) is 3.00. The molecule has 0 aliphatic heterocycles. The molecule has 0 saturated carbocycles. The van der Waals surface area contributed by atoms with Crippen molar-refractivity contribution in [1.82, 2.24) is 5.32 Å². The fourth-order valence-electron chi connectivity index (χ4n) is 2.76. The summed E-state index contributed by atoms with van der Waals surface area (Å²) in [7, 11) is 1.57. The number of fused-ring (bicyclic) bond motifs is 1. The first-order valence-corrected chi connectivity index (χ1v) is 8.96. The van der Waals surface area contributed by atoms with Gasteiger partial charge in [0.1, 0.15) is 0 Å². The first-order valence-electron chi connectivity index (χ1n) is 8.96. The van der Waals surface area contributed by atoms with E-state index in [1.807, 2.05) is 0 Å². The van der Waals surface area contributed by atoms with Crippen LogP contribution in [-0.4, -0.2) is 38.1 Å². The molecule has 156 valence electrons. The quantitative estimate of drug-likeness (QED) is 0.305. The van der Waals surface area contributed by atoms with Gasteiger partial charge in [0.05, 0.1) is 12.0 Å². The molecule has 2 aromatic rings. The van der Waals surface area contributed by atoms with Crippen LogP contribution in [0.1, 0.15) is 31.4 Å². The van der Waals surface area contributed by atoms with Crippen molar-refractivity contribution >= 4 is 28.8 Å². The third-order valence-electron chi connectivity index (χ3n) is 4.06. The van der Waals surface area contributed by atoms with Crippen molar-refractivity contribution < 1.29 is 33.0 Å². The Hall–Kier alpha value is -3.20. The number of carbonyl (C=O) groups excluding carboxylic acids is 3. The Labute approximate surface area is 166 Å². The highest BCUT2D eigenvalue weighted by atomic mass is 16.6. The molecule has 0 saturated heterocycles. The smallest absolute Gasteiger partial charge is 0.340 e. The summed E-state index contributed by atoms with van der Waals surface area (Å²) >= 11 is 0. The molecular weight excluding hydrogens is 382 g/mol. The molecule has 0 aliphatic rings. The van der Waals surface area contributed by atoms with Crippen molar-refractivity contribution in [3.8, 4) is 11.5 Å². The molecule has 0 fully saturated rings. The molecule has 0 aliphatic carbocycles. The number of rotatable bonds is 8. The number of benzene rings is 1. The minimum Gasteiger partial charge on any atom is -0.423 e. The SMILES string of the molecule is COCCCNC(=O)Cc1c(C)c2ccc(OC(C)=O)c(OC(C)=O)c2oc1=O. The van der Waals surface area contributed by atoms with E-state index in [0.717, 1.165) is 0 Å². The zero-order valence-electron chi connectivity index (χ0n) is 16.7. The summed E-state index contributed by atoms with van der Waals surface area (Å²) in [4.78, 5) is 47.5. The van der Waals surface area contributed by atoms with Crippen molar-refractivity contribution in [3.63, 3.8) is 0 Å². The highest BCUT2D eigenvalue weighted by Gasteiger charge is 2.21. The van der Waals surface area contributed by atoms with E-state index < -0.39 is 17.6 Å². The maximum absolute atomic E-state index is 12.5. The maximum Gasteiger partial charge on any atom is 0.340 e. The average molecular weight is 405 g/mol. The highest BCUT2D eigenvalue weighted by molar-refractivity contribution is 5.92. The third-order valence-corrected chi connectivity index (χ3v) is 4.06. The molecule has 2 rings (SSSR count). The Bertz CT molecular complexity index is 992. The van der Waals surface area contributed by atoms with E-state index in [-0.39, 0.29) is 35.0 Å². The lowest BCUT2D eigenvalue weighted by atomic mass is 10.0. The first-order chi connectivity index (χ1) is 13.7. The van der Waals surface area contributed by atoms with Crippen molar-refractivity contribution in [2.75, 3.05) is 20.3 Å². The summed E-state index contributed by atoms with van der Waals surface area (Å²) < 4.78 is 20.4. The molecular formula is C20H23NO8. The van der Waals surface area contributed by atoms with E-state index in [4.69, 9.17) is 18.6 Å². The van der Waals surface area contributed by atoms with E-state index in [1.165, 1.54) is 19.9 Å². The monoisotopic (exact) mass is 405 g/mol. The summed E-state index contributed by atoms with van der Waals surface area (Å²) in [6.45, 7) is 4.96. The zero-order chi connectivity index (χ0) is 21.6. The largest absolute Gasteiger partial charge is 0.423 e. The van der Waals surface area contributed by atoms with E-state index >= 15 is 0 Å². The number of nitrogens with one attached hydrogen (secondary N) is 1. The number of amides is 1. The molecule has 0 atom stereocenters. The average Bonchev–Trinajstić information content (AvgIpc) is 2.63. The van der Waals surface area contributed by atoms with Crippen molar-refractivity contribution in [2.24, 2.45) is 0 Å². The first kappa shape index (κ1) is 22.1. The number of hydrogen-bond donors (Lipinski definition) is 1. The predicted molar refractivity (Wildman–Crippen MR) is 103 cm³/mol. The summed E-state index contributed by atoms with van der Waals surface area (Å²) in [6.07, 6.45) is 0.490. The van der Waals surface area contributed by atoms with Crippen LogP contribution in [0.2, 0.25) is 0 Å². The van der Waals surface area contributed by atoms with Crippen LogP contribution in [0.15, 0.2) is 21.3 Å². The minimum atomic E-state index is -0.740. The fourth-order valence-corrected chi connectivity index (χ4v) is 2.76. The number of esters is 2. The topological polar surface area (TPSA) is 121 Å². The molecule has 0 unspecified atom stereocenters. The second-order valence-electron chi connectivity index (χ2n) is 6.32. The van der Waals surface area contributed by atoms with Gasteiger partial charge in [-0.25, -0.2) is 4.79 Å². The Morgan fingerprint density at radius 1 is 1.10 bits per heavy atom. The van der Waals surface area contributed by atoms with Gasteiger partial charge in [-0.3, -0.25) is 14.4 Å². The number of aryl methyl sites for hydroxylation is 1. The molecule has 1 aromatic heterocycles. The van der Waals surface area contributed by atoms with E-state index in [1.54, 1.807) is 20.1 Å². The molecule has 0 bridgehead atoms. The van der Waals surface area contributed by atoms with Crippen LogP contribution >= 0.6 is 0 Å². The van der Waals surface area contributed by atoms with E-state index in [9.17, 15) is 19.2 Å². The van der Waals surface area contributed by atoms with E-state index in [0.29, 0.717) is 30.5 Å². The second-order valence-corrected chi connectivity index (χ2v) is 6.32. The van der Waals surface area contributed by atoms with Gasteiger partial charge >= 0.3 is 17.6 Å². The van der Waals surface area contributed by atoms with Crippen LogP contribution in [0.4, 0.5) is 0 Å². The molecule has 29 heavy (non-hydrogen) atoms. The summed E-state index contributed by atoms with van der Waals surface area (Å²) in [5, 5.41) is 3.17. The Balaban J connectivity index is 2.44. The van der Waals surface area contributed by atoms with Crippen LogP contribution in [-0.2, 0) is 25.5 Å². The Morgan fingerprint density at radius 2 is 1.79 bits per heavy atom. The Kier molecular flexibility index (Phi) is 7.49. The molecule has 1 amide bonds. The molecule has 1 N–H and O–H groups in total. The number of hydrogen-bond acceptors (Lipinski definition) is 8. The van der Waals surface area contributed by atoms with Gasteiger partial charge in [0.2, 0.25) is 11.7 Å². The fraction of sp³-hybridized carbons (Fsp3) is 0.400. The van der Waals surface area contributed by atoms with Crippen molar-refractivity contribution in [2.45, 2.75) is 33.6 Å².